The van der Waals surface area contributed by atoms with Gasteiger partial charge in [-0.3, -0.25) is 0 Å². The summed E-state index contributed by atoms with van der Waals surface area (Å²) >= 11 is 0. The highest BCUT2D eigenvalue weighted by Crippen LogP contribution is 1.72. The molecule has 0 radical (unpaired) electrons. The van der Waals surface area contributed by atoms with Gasteiger partial charge in [0, 0.05) is 0 Å². The molecule has 7 nitrogen and oxygen atoms in total. The first-order chi connectivity index (χ1) is 6.58. The molecule has 0 aliphatic heterocycles. The van der Waals surface area contributed by atoms with E-state index in [0.29, 0.717) is 13.1 Å². The Hall–Kier alpha value is -0.505. The third-order valence-electron chi connectivity index (χ3n) is 1.11. The van der Waals surface area contributed by atoms with Gasteiger partial charge >= 0.3 is 7.32 Å². The second-order valence-corrected chi connectivity index (χ2v) is 2.17. The lowest BCUT2D eigenvalue weighted by Crippen LogP contribution is -2.29. The van der Waals surface area contributed by atoms with E-state index >= 15 is 0 Å². The maximum atomic E-state index is 8.64. The Balaban J connectivity index is 0. The number of aliphatic hydroxyl groups excluding tert-OH is 3. The monoisotopic (exact) mass is 209 g/mol. The van der Waals surface area contributed by atoms with Crippen LogP contribution in [0.2, 0.25) is 0 Å². The molecule has 0 rings (SSSR count). The number of hydrogen-bond donors (Lipinski definition) is 5. The Labute approximate surface area is 82.4 Å². The maximum Gasteiger partial charge on any atom is 0.339 e. The van der Waals surface area contributed by atoms with Gasteiger partial charge in [-0.25, -0.2) is 4.58 Å². The molecular formula is C6H16BNO6. The Morgan fingerprint density at radius 1 is 1.07 bits per heavy atom. The van der Waals surface area contributed by atoms with Crippen molar-refractivity contribution in [2.75, 3.05) is 32.9 Å². The van der Waals surface area contributed by atoms with Crippen LogP contribution in [0.1, 0.15) is 0 Å². The molecule has 0 aliphatic rings. The Morgan fingerprint density at radius 2 is 1.43 bits per heavy atom. The zero-order valence-electron chi connectivity index (χ0n) is 7.78. The average molecular weight is 209 g/mol. The van der Waals surface area contributed by atoms with Gasteiger partial charge in [-0.15, -0.1) is 0 Å². The second-order valence-electron chi connectivity index (χ2n) is 2.17. The van der Waals surface area contributed by atoms with E-state index < -0.39 is 7.32 Å². The predicted molar refractivity (Wildman–Crippen MR) is 47.5 cm³/mol. The van der Waals surface area contributed by atoms with E-state index in [4.69, 9.17) is 30.4 Å². The Kier molecular flexibility index (Phi) is 14.2. The highest BCUT2D eigenvalue weighted by Gasteiger charge is 1.99. The van der Waals surface area contributed by atoms with Crippen LogP contribution in [0.4, 0.5) is 0 Å². The van der Waals surface area contributed by atoms with Gasteiger partial charge in [0.2, 0.25) is 0 Å². The number of hydrogen-bond acceptors (Lipinski definition) is 6. The standard InChI is InChI=1S/C6H14NO3.BH2O3/c8-4-1-7(2-5-9)3-6-10;2-1(3)4/h1,8-10H,2-6H2;2-3H/q+1;-1. The minimum absolute atomic E-state index is 0.0382. The van der Waals surface area contributed by atoms with Crippen molar-refractivity contribution >= 4 is 13.5 Å². The summed E-state index contributed by atoms with van der Waals surface area (Å²) in [7, 11) is -2.42. The minimum Gasteiger partial charge on any atom is -0.832 e. The predicted octanol–water partition coefficient (Wildman–Crippen LogP) is -4.64. The van der Waals surface area contributed by atoms with Crippen LogP contribution in [0.5, 0.6) is 0 Å². The van der Waals surface area contributed by atoms with Crippen molar-refractivity contribution in [3.05, 3.63) is 0 Å². The van der Waals surface area contributed by atoms with Gasteiger partial charge in [0.05, 0.1) is 0 Å². The first-order valence-electron chi connectivity index (χ1n) is 4.00. The van der Waals surface area contributed by atoms with Crippen molar-refractivity contribution < 1.29 is 35.0 Å². The van der Waals surface area contributed by atoms with Crippen molar-refractivity contribution in [1.82, 2.24) is 0 Å². The molecule has 0 unspecified atom stereocenters. The Morgan fingerprint density at radius 3 is 1.64 bits per heavy atom. The fourth-order valence-electron chi connectivity index (χ4n) is 0.667. The van der Waals surface area contributed by atoms with Gasteiger partial charge in [-0.1, -0.05) is 0 Å². The minimum atomic E-state index is -2.42. The normalized spacial score (nSPS) is 8.71. The van der Waals surface area contributed by atoms with E-state index in [1.165, 1.54) is 6.21 Å². The molecule has 0 saturated heterocycles. The summed E-state index contributed by atoms with van der Waals surface area (Å²) < 4.78 is 1.67. The second kappa shape index (κ2) is 12.5. The van der Waals surface area contributed by atoms with Crippen LogP contribution in [-0.4, -0.2) is 76.4 Å². The number of aliphatic hydroxyl groups is 3. The SMILES string of the molecule is OCC=[N+](CCO)CCO.[O-]B(O)O. The molecule has 8 heteroatoms. The van der Waals surface area contributed by atoms with Gasteiger partial charge in [0.1, 0.15) is 19.8 Å². The summed E-state index contributed by atoms with van der Waals surface area (Å²) in [6, 6.07) is 0. The fourth-order valence-corrected chi connectivity index (χ4v) is 0.667. The van der Waals surface area contributed by atoms with E-state index in [2.05, 4.69) is 0 Å². The molecule has 0 atom stereocenters. The summed E-state index contributed by atoms with van der Waals surface area (Å²) in [5.41, 5.74) is 0. The molecule has 0 spiro atoms. The molecule has 0 aromatic heterocycles. The molecule has 0 aliphatic carbocycles. The molecule has 0 saturated carbocycles. The number of rotatable bonds is 5. The van der Waals surface area contributed by atoms with Gasteiger partial charge in [0.15, 0.2) is 19.3 Å². The van der Waals surface area contributed by atoms with Crippen LogP contribution in [-0.2, 0) is 0 Å². The lowest BCUT2D eigenvalue weighted by atomic mass is 10.3. The molecule has 0 aromatic carbocycles. The summed E-state index contributed by atoms with van der Waals surface area (Å²) in [6.07, 6.45) is 1.53. The van der Waals surface area contributed by atoms with E-state index in [9.17, 15) is 0 Å². The quantitative estimate of drug-likeness (QED) is 0.176. The first kappa shape index (κ1) is 15.9. The Bertz CT molecular complexity index is 132. The van der Waals surface area contributed by atoms with Crippen molar-refractivity contribution in [2.24, 2.45) is 0 Å². The van der Waals surface area contributed by atoms with E-state index in [0.717, 1.165) is 0 Å². The summed E-state index contributed by atoms with van der Waals surface area (Å²) in [5, 5.41) is 48.1. The lowest BCUT2D eigenvalue weighted by molar-refractivity contribution is -0.529. The third-order valence-corrected chi connectivity index (χ3v) is 1.11. The molecule has 14 heavy (non-hydrogen) atoms. The van der Waals surface area contributed by atoms with Crippen molar-refractivity contribution in [3.8, 4) is 0 Å². The van der Waals surface area contributed by atoms with Crippen molar-refractivity contribution in [3.63, 3.8) is 0 Å². The molecule has 0 fully saturated rings. The molecule has 84 valence electrons. The molecular weight excluding hydrogens is 193 g/mol. The molecule has 0 heterocycles. The summed E-state index contributed by atoms with van der Waals surface area (Å²) in [4.78, 5) is 0. The van der Waals surface area contributed by atoms with Crippen LogP contribution in [0, 0.1) is 0 Å². The molecule has 0 aromatic rings. The van der Waals surface area contributed by atoms with Gasteiger partial charge in [-0.05, 0) is 0 Å². The highest BCUT2D eigenvalue weighted by atomic mass is 16.5. The van der Waals surface area contributed by atoms with Crippen LogP contribution >= 0.6 is 0 Å². The zero-order valence-corrected chi connectivity index (χ0v) is 7.78. The van der Waals surface area contributed by atoms with E-state index in [1.54, 1.807) is 4.58 Å². The summed E-state index contributed by atoms with van der Waals surface area (Å²) in [5.74, 6) is 0. The average Bonchev–Trinajstić information content (AvgIpc) is 2.04. The van der Waals surface area contributed by atoms with E-state index in [-0.39, 0.29) is 19.8 Å². The van der Waals surface area contributed by atoms with Crippen LogP contribution < -0.4 is 5.02 Å². The molecule has 0 bridgehead atoms. The largest absolute Gasteiger partial charge is 0.832 e. The lowest BCUT2D eigenvalue weighted by Gasteiger charge is -1.97. The smallest absolute Gasteiger partial charge is 0.339 e. The molecule has 0 amide bonds. The van der Waals surface area contributed by atoms with Crippen molar-refractivity contribution in [1.29, 1.82) is 0 Å². The highest BCUT2D eigenvalue weighted by molar-refractivity contribution is 6.28. The maximum absolute atomic E-state index is 8.64. The van der Waals surface area contributed by atoms with Gasteiger partial charge < -0.3 is 30.4 Å². The third kappa shape index (κ3) is 17.5. The van der Waals surface area contributed by atoms with E-state index in [1.807, 2.05) is 0 Å². The van der Waals surface area contributed by atoms with Gasteiger partial charge in [0.25, 0.3) is 0 Å². The first-order valence-corrected chi connectivity index (χ1v) is 4.00. The van der Waals surface area contributed by atoms with Crippen molar-refractivity contribution in [2.45, 2.75) is 0 Å². The van der Waals surface area contributed by atoms with Gasteiger partial charge in [-0.2, -0.15) is 0 Å². The molecule has 5 N–H and O–H groups in total. The van der Waals surface area contributed by atoms with Crippen LogP contribution in [0.15, 0.2) is 0 Å². The number of nitrogens with zero attached hydrogens (tertiary/aromatic N) is 1. The topological polar surface area (TPSA) is 127 Å². The fraction of sp³-hybridized carbons (Fsp3) is 0.833. The summed E-state index contributed by atoms with van der Waals surface area (Å²) in [6.45, 7) is 0.940. The van der Waals surface area contributed by atoms with Crippen LogP contribution in [0.25, 0.3) is 0 Å². The zero-order chi connectivity index (χ0) is 11.4. The van der Waals surface area contributed by atoms with Crippen LogP contribution in [0.3, 0.4) is 0 Å².